The monoisotopic (exact) mass is 240 g/mol. The molecule has 17 heavy (non-hydrogen) atoms. The number of ether oxygens (including phenoxy) is 1. The topological polar surface area (TPSA) is 38.5 Å². The Balaban J connectivity index is 1.99. The highest BCUT2D eigenvalue weighted by molar-refractivity contribution is 4.98. The molecule has 0 aromatic rings. The Morgan fingerprint density at radius 1 is 1.41 bits per heavy atom. The highest BCUT2D eigenvalue weighted by Crippen LogP contribution is 2.38. The Morgan fingerprint density at radius 2 is 2.24 bits per heavy atom. The molecule has 0 aromatic carbocycles. The standard InChI is InChI=1S/C14H28N2O/c1-3-16(10-13-5-4-8-17-13)14(11-15)7-6-12(2)9-14/h12-13H,3-11,15H2,1-2H3. The Kier molecular flexibility index (Phi) is 4.45. The summed E-state index contributed by atoms with van der Waals surface area (Å²) < 4.78 is 5.78. The highest BCUT2D eigenvalue weighted by Gasteiger charge is 2.41. The quantitative estimate of drug-likeness (QED) is 0.799. The summed E-state index contributed by atoms with van der Waals surface area (Å²) in [7, 11) is 0. The first-order chi connectivity index (χ1) is 8.20. The molecule has 100 valence electrons. The maximum absolute atomic E-state index is 6.10. The largest absolute Gasteiger partial charge is 0.377 e. The summed E-state index contributed by atoms with van der Waals surface area (Å²) in [6.45, 7) is 8.56. The molecule has 2 rings (SSSR count). The van der Waals surface area contributed by atoms with Crippen molar-refractivity contribution in [3.63, 3.8) is 0 Å². The van der Waals surface area contributed by atoms with E-state index in [9.17, 15) is 0 Å². The van der Waals surface area contributed by atoms with Crippen molar-refractivity contribution in [1.82, 2.24) is 4.90 Å². The Morgan fingerprint density at radius 3 is 2.71 bits per heavy atom. The third-order valence-electron chi connectivity index (χ3n) is 4.71. The molecule has 0 radical (unpaired) electrons. The van der Waals surface area contributed by atoms with E-state index in [-0.39, 0.29) is 5.54 Å². The van der Waals surface area contributed by atoms with Gasteiger partial charge in [0, 0.05) is 25.2 Å². The van der Waals surface area contributed by atoms with Crippen LogP contribution in [0.25, 0.3) is 0 Å². The summed E-state index contributed by atoms with van der Waals surface area (Å²) in [5.41, 5.74) is 6.36. The first-order valence-electron chi connectivity index (χ1n) is 7.27. The lowest BCUT2D eigenvalue weighted by Gasteiger charge is -2.41. The minimum absolute atomic E-state index is 0.264. The second-order valence-corrected chi connectivity index (χ2v) is 5.95. The van der Waals surface area contributed by atoms with Gasteiger partial charge in [-0.15, -0.1) is 0 Å². The van der Waals surface area contributed by atoms with Crippen LogP contribution in [0.15, 0.2) is 0 Å². The Bertz CT molecular complexity index is 240. The zero-order valence-electron chi connectivity index (χ0n) is 11.5. The van der Waals surface area contributed by atoms with Gasteiger partial charge in [-0.1, -0.05) is 13.8 Å². The number of hydrogen-bond acceptors (Lipinski definition) is 3. The predicted molar refractivity (Wildman–Crippen MR) is 71.0 cm³/mol. The van der Waals surface area contributed by atoms with Gasteiger partial charge in [0.1, 0.15) is 0 Å². The van der Waals surface area contributed by atoms with Crippen molar-refractivity contribution in [2.24, 2.45) is 11.7 Å². The molecule has 0 aromatic heterocycles. The maximum atomic E-state index is 6.10. The molecule has 0 bridgehead atoms. The van der Waals surface area contributed by atoms with Crippen LogP contribution in [0, 0.1) is 5.92 Å². The SMILES string of the molecule is CCN(CC1CCCO1)C1(CN)CCC(C)C1. The van der Waals surface area contributed by atoms with E-state index in [1.807, 2.05) is 0 Å². The number of rotatable bonds is 5. The molecule has 1 aliphatic carbocycles. The molecule has 0 spiro atoms. The van der Waals surface area contributed by atoms with Gasteiger partial charge in [-0.3, -0.25) is 4.90 Å². The van der Waals surface area contributed by atoms with Crippen LogP contribution in [0.4, 0.5) is 0 Å². The van der Waals surface area contributed by atoms with Crippen LogP contribution in [0.3, 0.4) is 0 Å². The van der Waals surface area contributed by atoms with Crippen molar-refractivity contribution >= 4 is 0 Å². The maximum Gasteiger partial charge on any atom is 0.0703 e. The predicted octanol–water partition coefficient (Wildman–Crippen LogP) is 2.00. The van der Waals surface area contributed by atoms with E-state index >= 15 is 0 Å². The number of nitrogens with zero attached hydrogens (tertiary/aromatic N) is 1. The van der Waals surface area contributed by atoms with Crippen LogP contribution >= 0.6 is 0 Å². The second-order valence-electron chi connectivity index (χ2n) is 5.95. The molecule has 2 fully saturated rings. The van der Waals surface area contributed by atoms with E-state index in [0.29, 0.717) is 6.10 Å². The fraction of sp³-hybridized carbons (Fsp3) is 1.00. The summed E-state index contributed by atoms with van der Waals surface area (Å²) in [6.07, 6.45) is 6.78. The van der Waals surface area contributed by atoms with Gasteiger partial charge in [0.25, 0.3) is 0 Å². The van der Waals surface area contributed by atoms with Crippen LogP contribution in [0.2, 0.25) is 0 Å². The van der Waals surface area contributed by atoms with Crippen molar-refractivity contribution in [2.45, 2.75) is 57.6 Å². The van der Waals surface area contributed by atoms with Gasteiger partial charge in [0.05, 0.1) is 6.10 Å². The normalized spacial score (nSPS) is 38.1. The summed E-state index contributed by atoms with van der Waals surface area (Å²) in [4.78, 5) is 2.60. The van der Waals surface area contributed by atoms with Crippen molar-refractivity contribution in [3.8, 4) is 0 Å². The fourth-order valence-corrected chi connectivity index (χ4v) is 3.66. The van der Waals surface area contributed by atoms with Crippen LogP contribution < -0.4 is 5.73 Å². The molecule has 3 unspecified atom stereocenters. The van der Waals surface area contributed by atoms with E-state index < -0.39 is 0 Å². The molecule has 2 aliphatic rings. The minimum atomic E-state index is 0.264. The Hall–Kier alpha value is -0.120. The van der Waals surface area contributed by atoms with Crippen LogP contribution in [-0.4, -0.2) is 42.8 Å². The van der Waals surface area contributed by atoms with E-state index in [1.54, 1.807) is 0 Å². The summed E-state index contributed by atoms with van der Waals surface area (Å²) in [5, 5.41) is 0. The van der Waals surface area contributed by atoms with Crippen molar-refractivity contribution in [3.05, 3.63) is 0 Å². The number of hydrogen-bond donors (Lipinski definition) is 1. The number of likely N-dealkylation sites (N-methyl/N-ethyl adjacent to an activating group) is 1. The van der Waals surface area contributed by atoms with E-state index in [1.165, 1.54) is 32.1 Å². The first kappa shape index (κ1) is 13.3. The molecule has 1 saturated carbocycles. The molecule has 3 nitrogen and oxygen atoms in total. The van der Waals surface area contributed by atoms with Gasteiger partial charge in [-0.25, -0.2) is 0 Å². The average molecular weight is 240 g/mol. The molecule has 3 heteroatoms. The van der Waals surface area contributed by atoms with Crippen molar-refractivity contribution < 1.29 is 4.74 Å². The molecule has 0 amide bonds. The molecular weight excluding hydrogens is 212 g/mol. The van der Waals surface area contributed by atoms with Gasteiger partial charge >= 0.3 is 0 Å². The number of nitrogens with two attached hydrogens (primary N) is 1. The summed E-state index contributed by atoms with van der Waals surface area (Å²) in [5.74, 6) is 0.831. The van der Waals surface area contributed by atoms with E-state index in [4.69, 9.17) is 10.5 Å². The zero-order valence-corrected chi connectivity index (χ0v) is 11.5. The molecule has 2 N–H and O–H groups in total. The highest BCUT2D eigenvalue weighted by atomic mass is 16.5. The molecular formula is C14H28N2O. The van der Waals surface area contributed by atoms with Crippen LogP contribution in [0.5, 0.6) is 0 Å². The van der Waals surface area contributed by atoms with Gasteiger partial charge in [0.2, 0.25) is 0 Å². The lowest BCUT2D eigenvalue weighted by atomic mass is 9.93. The summed E-state index contributed by atoms with van der Waals surface area (Å²) in [6, 6.07) is 0. The van der Waals surface area contributed by atoms with Gasteiger partial charge in [-0.05, 0) is 44.6 Å². The Labute approximate surface area is 106 Å². The molecule has 3 atom stereocenters. The second kappa shape index (κ2) is 5.68. The third-order valence-corrected chi connectivity index (χ3v) is 4.71. The fourth-order valence-electron chi connectivity index (χ4n) is 3.66. The smallest absolute Gasteiger partial charge is 0.0703 e. The molecule has 1 heterocycles. The first-order valence-corrected chi connectivity index (χ1v) is 7.27. The van der Waals surface area contributed by atoms with Gasteiger partial charge in [0.15, 0.2) is 0 Å². The van der Waals surface area contributed by atoms with E-state index in [0.717, 1.165) is 32.2 Å². The minimum Gasteiger partial charge on any atom is -0.377 e. The zero-order chi connectivity index (χ0) is 12.3. The van der Waals surface area contributed by atoms with Gasteiger partial charge in [-0.2, -0.15) is 0 Å². The van der Waals surface area contributed by atoms with Crippen LogP contribution in [-0.2, 0) is 4.74 Å². The van der Waals surface area contributed by atoms with Crippen molar-refractivity contribution in [1.29, 1.82) is 0 Å². The van der Waals surface area contributed by atoms with Crippen LogP contribution in [0.1, 0.15) is 46.0 Å². The molecule has 1 aliphatic heterocycles. The van der Waals surface area contributed by atoms with Crippen molar-refractivity contribution in [2.75, 3.05) is 26.2 Å². The van der Waals surface area contributed by atoms with E-state index in [2.05, 4.69) is 18.7 Å². The summed E-state index contributed by atoms with van der Waals surface area (Å²) >= 11 is 0. The third kappa shape index (κ3) is 2.83. The van der Waals surface area contributed by atoms with Gasteiger partial charge < -0.3 is 10.5 Å². The average Bonchev–Trinajstić information content (AvgIpc) is 2.96. The molecule has 1 saturated heterocycles. The lowest BCUT2D eigenvalue weighted by molar-refractivity contribution is 0.0249. The lowest BCUT2D eigenvalue weighted by Crippen LogP contribution is -2.54.